The second-order valence-corrected chi connectivity index (χ2v) is 11.5. The average molecular weight is 579 g/mol. The van der Waals surface area contributed by atoms with Crippen LogP contribution in [-0.4, -0.2) is 42.1 Å². The summed E-state index contributed by atoms with van der Waals surface area (Å²) in [5.41, 5.74) is 2.12. The number of nitrogens with one attached hydrogen (secondary N) is 1. The molecule has 4 nitrogen and oxygen atoms in total. The van der Waals surface area contributed by atoms with Crippen LogP contribution in [0.25, 0.3) is 0 Å². The fraction of sp³-hybridized carbons (Fsp3) is 0.323. The van der Waals surface area contributed by atoms with E-state index < -0.39 is 11.0 Å². The summed E-state index contributed by atoms with van der Waals surface area (Å²) in [6.07, 6.45) is 7.76. The minimum atomic E-state index is -0.519. The molecule has 0 radical (unpaired) electrons. The van der Waals surface area contributed by atoms with Gasteiger partial charge in [-0.25, -0.2) is 8.78 Å². The van der Waals surface area contributed by atoms with Crippen LogP contribution < -0.4 is 10.2 Å². The van der Waals surface area contributed by atoms with E-state index in [1.165, 1.54) is 24.3 Å². The van der Waals surface area contributed by atoms with Crippen molar-refractivity contribution >= 4 is 27.5 Å². The number of amides is 1. The summed E-state index contributed by atoms with van der Waals surface area (Å²) in [5.74, 6) is -0.419. The summed E-state index contributed by atoms with van der Waals surface area (Å²) in [5, 5.41) is 3.08. The van der Waals surface area contributed by atoms with E-state index >= 15 is 0 Å². The van der Waals surface area contributed by atoms with Crippen molar-refractivity contribution in [1.29, 1.82) is 0 Å². The molecule has 7 heteroatoms. The SMILES string of the molecule is O=C1NCN(c2ccc(Br)cc2)C12CCN(C1C=CC(c3ccc(F)cc3)(c3ccc(F)cc3)CC1)CC2. The maximum absolute atomic E-state index is 13.7. The van der Waals surface area contributed by atoms with Gasteiger partial charge in [0, 0.05) is 34.7 Å². The second-order valence-electron chi connectivity index (χ2n) is 10.6. The summed E-state index contributed by atoms with van der Waals surface area (Å²) in [6, 6.07) is 21.7. The molecule has 2 heterocycles. The minimum absolute atomic E-state index is 0.117. The number of hydrogen-bond acceptors (Lipinski definition) is 3. The van der Waals surface area contributed by atoms with Gasteiger partial charge < -0.3 is 10.2 Å². The normalized spacial score (nSPS) is 22.6. The minimum Gasteiger partial charge on any atom is -0.339 e. The number of anilines is 1. The number of halogens is 3. The molecular formula is C31H30BrF2N3O. The Morgan fingerprint density at radius 3 is 1.92 bits per heavy atom. The van der Waals surface area contributed by atoms with E-state index in [0.29, 0.717) is 6.67 Å². The highest BCUT2D eigenvalue weighted by Crippen LogP contribution is 2.43. The second kappa shape index (κ2) is 9.93. The van der Waals surface area contributed by atoms with Crippen LogP contribution in [0.1, 0.15) is 36.8 Å². The van der Waals surface area contributed by atoms with Crippen LogP contribution in [0.4, 0.5) is 14.5 Å². The van der Waals surface area contributed by atoms with E-state index in [0.717, 1.165) is 60.1 Å². The molecule has 196 valence electrons. The zero-order valence-corrected chi connectivity index (χ0v) is 22.6. The Balaban J connectivity index is 1.22. The van der Waals surface area contributed by atoms with Gasteiger partial charge in [0.2, 0.25) is 5.91 Å². The highest BCUT2D eigenvalue weighted by Gasteiger charge is 2.51. The first-order valence-corrected chi connectivity index (χ1v) is 14.0. The third kappa shape index (κ3) is 4.35. The van der Waals surface area contributed by atoms with E-state index in [9.17, 15) is 13.6 Å². The summed E-state index contributed by atoms with van der Waals surface area (Å²) in [4.78, 5) is 17.8. The Bertz CT molecular complexity index is 1290. The summed E-state index contributed by atoms with van der Waals surface area (Å²) >= 11 is 3.50. The monoisotopic (exact) mass is 577 g/mol. The number of likely N-dealkylation sites (tertiary alicyclic amines) is 1. The average Bonchev–Trinajstić information content (AvgIpc) is 3.25. The van der Waals surface area contributed by atoms with Crippen molar-refractivity contribution in [3.05, 3.63) is 112 Å². The maximum atomic E-state index is 13.7. The van der Waals surface area contributed by atoms with Crippen LogP contribution in [0.5, 0.6) is 0 Å². The smallest absolute Gasteiger partial charge is 0.247 e. The summed E-state index contributed by atoms with van der Waals surface area (Å²) in [7, 11) is 0. The Morgan fingerprint density at radius 2 is 1.39 bits per heavy atom. The Hall–Kier alpha value is -3.03. The summed E-state index contributed by atoms with van der Waals surface area (Å²) in [6.45, 7) is 2.19. The first-order chi connectivity index (χ1) is 18.4. The van der Waals surface area contributed by atoms with Crippen molar-refractivity contribution in [1.82, 2.24) is 10.2 Å². The molecule has 1 atom stereocenters. The molecule has 1 aliphatic carbocycles. The third-order valence-electron chi connectivity index (χ3n) is 8.73. The van der Waals surface area contributed by atoms with Crippen molar-refractivity contribution < 1.29 is 13.6 Å². The van der Waals surface area contributed by atoms with Crippen molar-refractivity contribution in [2.24, 2.45) is 0 Å². The van der Waals surface area contributed by atoms with Gasteiger partial charge in [-0.3, -0.25) is 9.69 Å². The van der Waals surface area contributed by atoms with Gasteiger partial charge in [0.1, 0.15) is 17.2 Å². The van der Waals surface area contributed by atoms with Gasteiger partial charge in [-0.05, 0) is 85.3 Å². The molecule has 3 aromatic carbocycles. The quantitative estimate of drug-likeness (QED) is 0.377. The van der Waals surface area contributed by atoms with E-state index in [2.05, 4.69) is 55.3 Å². The number of nitrogens with zero attached hydrogens (tertiary/aromatic N) is 2. The van der Waals surface area contributed by atoms with Gasteiger partial charge in [-0.2, -0.15) is 0 Å². The van der Waals surface area contributed by atoms with Crippen LogP contribution in [0, 0.1) is 11.6 Å². The van der Waals surface area contributed by atoms with Crippen molar-refractivity contribution in [3.63, 3.8) is 0 Å². The molecule has 3 aliphatic rings. The Kier molecular flexibility index (Phi) is 6.60. The number of allylic oxidation sites excluding steroid dienone is 1. The zero-order valence-electron chi connectivity index (χ0n) is 21.0. The highest BCUT2D eigenvalue weighted by atomic mass is 79.9. The number of rotatable bonds is 4. The van der Waals surface area contributed by atoms with Crippen molar-refractivity contribution in [2.45, 2.75) is 42.7 Å². The van der Waals surface area contributed by atoms with Gasteiger partial charge in [0.25, 0.3) is 0 Å². The number of benzene rings is 3. The molecule has 3 aromatic rings. The summed E-state index contributed by atoms with van der Waals surface area (Å²) < 4.78 is 28.5. The maximum Gasteiger partial charge on any atom is 0.247 e. The fourth-order valence-electron chi connectivity index (χ4n) is 6.55. The van der Waals surface area contributed by atoms with E-state index in [1.807, 2.05) is 36.4 Å². The zero-order chi connectivity index (χ0) is 26.3. The molecule has 2 fully saturated rings. The standard InChI is InChI=1S/C31H30BrF2N3O/c32-24-5-11-28(12-6-24)37-21-35-29(38)31(37)17-19-36(20-18-31)27-13-15-30(16-14-27,22-1-7-25(33)8-2-22)23-3-9-26(34)10-4-23/h1-13,15,27H,14,16-21H2,(H,35,38). The molecule has 38 heavy (non-hydrogen) atoms. The number of carbonyl (C=O) groups is 1. The van der Waals surface area contributed by atoms with Crippen molar-refractivity contribution in [2.75, 3.05) is 24.7 Å². The molecule has 0 aromatic heterocycles. The topological polar surface area (TPSA) is 35.6 Å². The van der Waals surface area contributed by atoms with Gasteiger partial charge in [0.15, 0.2) is 0 Å². The molecule has 1 unspecified atom stereocenters. The first kappa shape index (κ1) is 25.3. The van der Waals surface area contributed by atoms with Gasteiger partial charge in [0.05, 0.1) is 6.67 Å². The van der Waals surface area contributed by atoms with E-state index in [-0.39, 0.29) is 23.6 Å². The lowest BCUT2D eigenvalue weighted by Gasteiger charge is -2.47. The van der Waals surface area contributed by atoms with Gasteiger partial charge in [-0.1, -0.05) is 52.3 Å². The molecule has 6 rings (SSSR count). The first-order valence-electron chi connectivity index (χ1n) is 13.2. The third-order valence-corrected chi connectivity index (χ3v) is 9.25. The van der Waals surface area contributed by atoms with Crippen molar-refractivity contribution in [3.8, 4) is 0 Å². The lowest BCUT2D eigenvalue weighted by molar-refractivity contribution is -0.125. The number of hydrogen-bond donors (Lipinski definition) is 1. The largest absolute Gasteiger partial charge is 0.339 e. The molecule has 1 spiro atoms. The molecule has 1 amide bonds. The predicted molar refractivity (Wildman–Crippen MR) is 149 cm³/mol. The van der Waals surface area contributed by atoms with E-state index in [4.69, 9.17) is 0 Å². The lowest BCUT2D eigenvalue weighted by atomic mass is 9.68. The van der Waals surface area contributed by atoms with E-state index in [1.54, 1.807) is 0 Å². The van der Waals surface area contributed by atoms with Crippen LogP contribution in [0.15, 0.2) is 89.4 Å². The molecule has 0 bridgehead atoms. The highest BCUT2D eigenvalue weighted by molar-refractivity contribution is 9.10. The van der Waals surface area contributed by atoms with Crippen LogP contribution in [0.3, 0.4) is 0 Å². The van der Waals surface area contributed by atoms with Gasteiger partial charge in [-0.15, -0.1) is 0 Å². The lowest BCUT2D eigenvalue weighted by Crippen LogP contribution is -2.58. The van der Waals surface area contributed by atoms with Crippen LogP contribution in [0.2, 0.25) is 0 Å². The number of carbonyl (C=O) groups excluding carboxylic acids is 1. The molecule has 2 saturated heterocycles. The van der Waals surface area contributed by atoms with Crippen LogP contribution >= 0.6 is 15.9 Å². The van der Waals surface area contributed by atoms with Gasteiger partial charge >= 0.3 is 0 Å². The molecular weight excluding hydrogens is 548 g/mol. The Labute approximate surface area is 230 Å². The number of piperidine rings is 1. The fourth-order valence-corrected chi connectivity index (χ4v) is 6.81. The molecule has 0 saturated carbocycles. The molecule has 2 aliphatic heterocycles. The Morgan fingerprint density at radius 1 is 0.816 bits per heavy atom. The predicted octanol–water partition coefficient (Wildman–Crippen LogP) is 6.16. The van der Waals surface area contributed by atoms with Crippen LogP contribution in [-0.2, 0) is 10.2 Å². The molecule has 1 N–H and O–H groups in total.